The van der Waals surface area contributed by atoms with E-state index in [1.54, 1.807) is 0 Å². The molecule has 152 valence electrons. The molecule has 0 nitrogen and oxygen atoms in total. The van der Waals surface area contributed by atoms with Crippen molar-refractivity contribution in [3.05, 3.63) is 127 Å². The predicted molar refractivity (Wildman–Crippen MR) is 143 cm³/mol. The fraction of sp³-hybridized carbons (Fsp3) is 0. The van der Waals surface area contributed by atoms with Crippen LogP contribution in [0.4, 0.5) is 0 Å². The fourth-order valence-corrected chi connectivity index (χ4v) is 4.87. The van der Waals surface area contributed by atoms with Crippen molar-refractivity contribution in [3.8, 4) is 33.4 Å². The topological polar surface area (TPSA) is 0 Å². The monoisotopic (exact) mass is 416 g/mol. The zero-order valence-corrected chi connectivity index (χ0v) is 18.2. The molecule has 6 aromatic carbocycles. The van der Waals surface area contributed by atoms with E-state index in [9.17, 15) is 0 Å². The lowest BCUT2D eigenvalue weighted by Crippen LogP contribution is -1.99. The molecule has 0 aromatic heterocycles. The highest BCUT2D eigenvalue weighted by Crippen LogP contribution is 2.44. The van der Waals surface area contributed by atoms with Crippen LogP contribution in [0, 0.1) is 0 Å². The van der Waals surface area contributed by atoms with Gasteiger partial charge in [-0.05, 0) is 61.0 Å². The first kappa shape index (κ1) is 19.6. The van der Waals surface area contributed by atoms with Crippen molar-refractivity contribution in [2.45, 2.75) is 0 Å². The lowest BCUT2D eigenvalue weighted by atomic mass is 9.84. The Hall–Kier alpha value is -4.10. The maximum Gasteiger partial charge on any atom is 0.113 e. The first-order valence-corrected chi connectivity index (χ1v) is 11.2. The largest absolute Gasteiger partial charge is 0.113 e. The molecule has 0 saturated carbocycles. The van der Waals surface area contributed by atoms with Crippen LogP contribution in [0.3, 0.4) is 0 Å². The van der Waals surface area contributed by atoms with Gasteiger partial charge in [-0.25, -0.2) is 0 Å². The van der Waals surface area contributed by atoms with E-state index in [4.69, 9.17) is 7.85 Å². The summed E-state index contributed by atoms with van der Waals surface area (Å²) in [4.78, 5) is 0. The molecule has 0 bridgehead atoms. The van der Waals surface area contributed by atoms with E-state index in [1.807, 2.05) is 12.1 Å². The molecule has 0 heterocycles. The van der Waals surface area contributed by atoms with E-state index < -0.39 is 0 Å². The molecule has 0 atom stereocenters. The highest BCUT2D eigenvalue weighted by atomic mass is 14.2. The van der Waals surface area contributed by atoms with Gasteiger partial charge in [0.05, 0.1) is 0 Å². The average Bonchev–Trinajstić information content (AvgIpc) is 2.88. The summed E-state index contributed by atoms with van der Waals surface area (Å²) in [6, 6.07) is 45.2. The Balaban J connectivity index is 1.77. The molecule has 0 saturated heterocycles. The summed E-state index contributed by atoms with van der Waals surface area (Å²) < 4.78 is 0. The lowest BCUT2D eigenvalue weighted by molar-refractivity contribution is 1.64. The maximum atomic E-state index is 5.94. The third kappa shape index (κ3) is 3.43. The zero-order valence-electron chi connectivity index (χ0n) is 18.2. The van der Waals surface area contributed by atoms with Crippen molar-refractivity contribution in [1.82, 2.24) is 0 Å². The van der Waals surface area contributed by atoms with Crippen LogP contribution < -0.4 is 5.46 Å². The molecule has 6 rings (SSSR count). The summed E-state index contributed by atoms with van der Waals surface area (Å²) in [6.45, 7) is 0. The van der Waals surface area contributed by atoms with Gasteiger partial charge in [0.15, 0.2) is 0 Å². The van der Waals surface area contributed by atoms with Crippen LogP contribution in [-0.4, -0.2) is 7.85 Å². The summed E-state index contributed by atoms with van der Waals surface area (Å²) in [5.41, 5.74) is 8.16. The van der Waals surface area contributed by atoms with Crippen LogP contribution in [0.2, 0.25) is 0 Å². The van der Waals surface area contributed by atoms with Crippen LogP contribution in [-0.2, 0) is 0 Å². The molecule has 0 aliphatic rings. The Morgan fingerprint density at radius 1 is 0.333 bits per heavy atom. The molecule has 6 aromatic rings. The van der Waals surface area contributed by atoms with Gasteiger partial charge in [0.1, 0.15) is 7.85 Å². The minimum Gasteiger partial charge on any atom is -0.0966 e. The first-order valence-electron chi connectivity index (χ1n) is 11.2. The molecular weight excluding hydrogens is 395 g/mol. The number of benzene rings is 6. The molecule has 0 fully saturated rings. The van der Waals surface area contributed by atoms with Crippen LogP contribution in [0.25, 0.3) is 54.9 Å². The number of rotatable bonds is 3. The third-order valence-corrected chi connectivity index (χ3v) is 6.39. The second-order valence-corrected chi connectivity index (χ2v) is 8.41. The van der Waals surface area contributed by atoms with Gasteiger partial charge in [-0.2, -0.15) is 0 Å². The molecule has 33 heavy (non-hydrogen) atoms. The fourth-order valence-electron chi connectivity index (χ4n) is 4.87. The van der Waals surface area contributed by atoms with Gasteiger partial charge in [0, 0.05) is 0 Å². The molecule has 0 aliphatic carbocycles. The summed E-state index contributed by atoms with van der Waals surface area (Å²) >= 11 is 0. The molecular formula is C32H21B. The highest BCUT2D eigenvalue weighted by Gasteiger charge is 2.17. The number of hydrogen-bond acceptors (Lipinski definition) is 0. The summed E-state index contributed by atoms with van der Waals surface area (Å²) in [5.74, 6) is 0. The van der Waals surface area contributed by atoms with Gasteiger partial charge in [-0.15, -0.1) is 0 Å². The standard InChI is InChI=1S/C32H21B/c33-26-18-15-22(16-19-26)25-17-20-29-30(21-25)32(24-11-5-2-6-12-24)28-14-8-7-13-27(28)31(29)23-9-3-1-4-10-23/h1-21H. The molecule has 0 amide bonds. The van der Waals surface area contributed by atoms with Crippen LogP contribution in [0.1, 0.15) is 0 Å². The van der Waals surface area contributed by atoms with Crippen molar-refractivity contribution >= 4 is 34.9 Å². The summed E-state index contributed by atoms with van der Waals surface area (Å²) in [6.07, 6.45) is 0. The molecule has 0 unspecified atom stereocenters. The number of fused-ring (bicyclic) bond motifs is 2. The van der Waals surface area contributed by atoms with E-state index >= 15 is 0 Å². The summed E-state index contributed by atoms with van der Waals surface area (Å²) in [7, 11) is 5.94. The van der Waals surface area contributed by atoms with E-state index in [0.717, 1.165) is 5.46 Å². The Labute approximate surface area is 195 Å². The van der Waals surface area contributed by atoms with Gasteiger partial charge in [0.25, 0.3) is 0 Å². The van der Waals surface area contributed by atoms with Crippen molar-refractivity contribution in [1.29, 1.82) is 0 Å². The Bertz CT molecular complexity index is 1580. The Morgan fingerprint density at radius 2 is 0.788 bits per heavy atom. The van der Waals surface area contributed by atoms with Crippen molar-refractivity contribution in [2.24, 2.45) is 0 Å². The number of hydrogen-bond donors (Lipinski definition) is 0. The maximum absolute atomic E-state index is 5.94. The van der Waals surface area contributed by atoms with Crippen molar-refractivity contribution in [3.63, 3.8) is 0 Å². The smallest absolute Gasteiger partial charge is 0.0966 e. The van der Waals surface area contributed by atoms with Crippen LogP contribution in [0.5, 0.6) is 0 Å². The Morgan fingerprint density at radius 3 is 1.36 bits per heavy atom. The van der Waals surface area contributed by atoms with Crippen LogP contribution in [0.15, 0.2) is 127 Å². The second-order valence-electron chi connectivity index (χ2n) is 8.41. The van der Waals surface area contributed by atoms with Gasteiger partial charge >= 0.3 is 0 Å². The van der Waals surface area contributed by atoms with E-state index in [-0.39, 0.29) is 0 Å². The third-order valence-electron chi connectivity index (χ3n) is 6.39. The minimum absolute atomic E-state index is 0.780. The molecule has 1 heteroatoms. The van der Waals surface area contributed by atoms with Gasteiger partial charge < -0.3 is 0 Å². The Kier molecular flexibility index (Phi) is 4.81. The van der Waals surface area contributed by atoms with E-state index in [1.165, 1.54) is 54.9 Å². The predicted octanol–water partition coefficient (Wildman–Crippen LogP) is 7.79. The normalized spacial score (nSPS) is 11.2. The molecule has 0 N–H and O–H groups in total. The second kappa shape index (κ2) is 8.11. The molecule has 0 spiro atoms. The van der Waals surface area contributed by atoms with Crippen molar-refractivity contribution < 1.29 is 0 Å². The average molecular weight is 416 g/mol. The van der Waals surface area contributed by atoms with Gasteiger partial charge in [-0.3, -0.25) is 0 Å². The minimum atomic E-state index is 0.780. The zero-order chi connectivity index (χ0) is 22.2. The van der Waals surface area contributed by atoms with E-state index in [2.05, 4.69) is 115 Å². The van der Waals surface area contributed by atoms with Crippen LogP contribution >= 0.6 is 0 Å². The first-order chi connectivity index (χ1) is 16.3. The van der Waals surface area contributed by atoms with E-state index in [0.29, 0.717) is 0 Å². The molecule has 2 radical (unpaired) electrons. The van der Waals surface area contributed by atoms with Gasteiger partial charge in [0.2, 0.25) is 0 Å². The molecule has 0 aliphatic heterocycles. The summed E-state index contributed by atoms with van der Waals surface area (Å²) in [5, 5.41) is 5.06. The van der Waals surface area contributed by atoms with Gasteiger partial charge in [-0.1, -0.05) is 127 Å². The SMILES string of the molecule is [B]c1ccc(-c2ccc3c(-c4ccccc4)c4ccccc4c(-c4ccccc4)c3c2)cc1. The highest BCUT2D eigenvalue weighted by molar-refractivity contribution is 6.32. The quantitative estimate of drug-likeness (QED) is 0.204. The van der Waals surface area contributed by atoms with Crippen molar-refractivity contribution in [2.75, 3.05) is 0 Å². The lowest BCUT2D eigenvalue weighted by Gasteiger charge is -2.18.